The molecule has 148 valence electrons. The molecule has 2 aliphatic rings. The molecule has 0 aromatic heterocycles. The lowest BCUT2D eigenvalue weighted by molar-refractivity contribution is -0.122. The second-order valence-electron chi connectivity index (χ2n) is 6.32. The summed E-state index contributed by atoms with van der Waals surface area (Å²) >= 11 is 0. The zero-order valence-corrected chi connectivity index (χ0v) is 17.4. The van der Waals surface area contributed by atoms with E-state index >= 15 is 0 Å². The number of carbonyl (C=O) groups is 1. The first kappa shape index (κ1) is 21.5. The fourth-order valence-electron chi connectivity index (χ4n) is 3.09. The van der Waals surface area contributed by atoms with Gasteiger partial charge in [-0.3, -0.25) is 4.79 Å². The summed E-state index contributed by atoms with van der Waals surface area (Å²) in [6, 6.07) is 19.7. The van der Waals surface area contributed by atoms with Gasteiger partial charge in [-0.2, -0.15) is 0 Å². The Morgan fingerprint density at radius 3 is 2.00 bits per heavy atom. The van der Waals surface area contributed by atoms with Crippen molar-refractivity contribution >= 4 is 5.91 Å². The van der Waals surface area contributed by atoms with Crippen LogP contribution in [0.3, 0.4) is 0 Å². The van der Waals surface area contributed by atoms with Crippen molar-refractivity contribution in [2.45, 2.75) is 52.4 Å². The largest absolute Gasteiger partial charge is 0.461 e. The Bertz CT molecular complexity index is 803. The maximum absolute atomic E-state index is 12.7. The molecule has 0 spiro atoms. The van der Waals surface area contributed by atoms with Gasteiger partial charge in [-0.05, 0) is 42.7 Å². The number of nitrogens with one attached hydrogen (secondary N) is 1. The Balaban J connectivity index is 0.000000660. The summed E-state index contributed by atoms with van der Waals surface area (Å²) in [5.41, 5.74) is 1.66. The molecule has 3 heteroatoms. The van der Waals surface area contributed by atoms with Gasteiger partial charge >= 0.3 is 0 Å². The lowest BCUT2D eigenvalue weighted by Gasteiger charge is -2.16. The second kappa shape index (κ2) is 10.5. The third-order valence-electron chi connectivity index (χ3n) is 4.61. The predicted octanol–water partition coefficient (Wildman–Crippen LogP) is 6.14. The van der Waals surface area contributed by atoms with Gasteiger partial charge in [0.15, 0.2) is 0 Å². The molecule has 0 heterocycles. The van der Waals surface area contributed by atoms with Gasteiger partial charge in [0.25, 0.3) is 0 Å². The minimum absolute atomic E-state index is 0.0920. The van der Waals surface area contributed by atoms with Crippen LogP contribution in [0, 0.1) is 0 Å². The number of para-hydroxylation sites is 1. The minimum atomic E-state index is -0.342. The second-order valence-corrected chi connectivity index (χ2v) is 6.32. The van der Waals surface area contributed by atoms with Crippen LogP contribution in [0.25, 0.3) is 0 Å². The van der Waals surface area contributed by atoms with Crippen LogP contribution in [0.4, 0.5) is 0 Å². The molecule has 0 bridgehead atoms. The topological polar surface area (TPSA) is 38.3 Å². The highest BCUT2D eigenvalue weighted by Crippen LogP contribution is 2.48. The van der Waals surface area contributed by atoms with Crippen molar-refractivity contribution in [3.05, 3.63) is 89.8 Å². The van der Waals surface area contributed by atoms with Crippen molar-refractivity contribution in [1.29, 1.82) is 0 Å². The molecule has 2 aliphatic carbocycles. The number of rotatable bonds is 5. The van der Waals surface area contributed by atoms with Crippen LogP contribution in [0.2, 0.25) is 0 Å². The van der Waals surface area contributed by atoms with Gasteiger partial charge in [0.1, 0.15) is 11.5 Å². The first-order chi connectivity index (χ1) is 13.8. The Hall–Kier alpha value is -2.81. The highest BCUT2D eigenvalue weighted by Gasteiger charge is 2.51. The predicted molar refractivity (Wildman–Crippen MR) is 116 cm³/mol. The van der Waals surface area contributed by atoms with Gasteiger partial charge in [-0.1, -0.05) is 76.2 Å². The maximum Gasteiger partial charge on any atom is 0.234 e. The average Bonchev–Trinajstić information content (AvgIpc) is 3.48. The summed E-state index contributed by atoms with van der Waals surface area (Å²) in [5, 5.41) is 3.09. The number of amides is 1. The normalized spacial score (nSPS) is 15.6. The minimum Gasteiger partial charge on any atom is -0.461 e. The molecule has 0 saturated heterocycles. The van der Waals surface area contributed by atoms with Gasteiger partial charge in [-0.15, -0.1) is 0 Å². The molecule has 28 heavy (non-hydrogen) atoms. The van der Waals surface area contributed by atoms with E-state index in [9.17, 15) is 4.79 Å². The zero-order valence-electron chi connectivity index (χ0n) is 17.4. The van der Waals surface area contributed by atoms with Crippen molar-refractivity contribution < 1.29 is 9.53 Å². The molecule has 0 atom stereocenters. The number of benzene rings is 2. The molecule has 1 fully saturated rings. The van der Waals surface area contributed by atoms with E-state index in [0.29, 0.717) is 6.42 Å². The quantitative estimate of drug-likeness (QED) is 0.680. The van der Waals surface area contributed by atoms with Crippen molar-refractivity contribution in [2.75, 3.05) is 0 Å². The molecule has 0 radical (unpaired) electrons. The molecule has 3 nitrogen and oxygen atoms in total. The molecular weight excluding hydrogens is 346 g/mol. The SMILES string of the molecule is CC.CC.O=C(NC1=CC=C(Oc2ccccc2)C1)C1(c2ccccc2)CC1. The monoisotopic (exact) mass is 377 g/mol. The van der Waals surface area contributed by atoms with Crippen LogP contribution in [0.15, 0.2) is 84.3 Å². The Morgan fingerprint density at radius 1 is 0.857 bits per heavy atom. The van der Waals surface area contributed by atoms with Crippen LogP contribution in [-0.2, 0) is 10.2 Å². The van der Waals surface area contributed by atoms with Crippen LogP contribution < -0.4 is 10.1 Å². The molecule has 0 aliphatic heterocycles. The van der Waals surface area contributed by atoms with E-state index in [-0.39, 0.29) is 11.3 Å². The number of hydrogen-bond donors (Lipinski definition) is 1. The summed E-state index contributed by atoms with van der Waals surface area (Å²) < 4.78 is 5.83. The van der Waals surface area contributed by atoms with Crippen molar-refractivity contribution in [2.24, 2.45) is 0 Å². The van der Waals surface area contributed by atoms with Gasteiger partial charge in [0.05, 0.1) is 5.41 Å². The lowest BCUT2D eigenvalue weighted by atomic mass is 9.95. The van der Waals surface area contributed by atoms with Crippen LogP contribution >= 0.6 is 0 Å². The molecule has 1 amide bonds. The van der Waals surface area contributed by atoms with Crippen LogP contribution in [-0.4, -0.2) is 5.91 Å². The Labute approximate surface area is 169 Å². The van der Waals surface area contributed by atoms with Crippen LogP contribution in [0.1, 0.15) is 52.5 Å². The summed E-state index contributed by atoms with van der Waals surface area (Å²) in [4.78, 5) is 12.7. The number of allylic oxidation sites excluding steroid dienone is 2. The molecule has 0 unspecified atom stereocenters. The summed E-state index contributed by atoms with van der Waals surface area (Å²) in [6.07, 6.45) is 6.29. The van der Waals surface area contributed by atoms with Crippen LogP contribution in [0.5, 0.6) is 5.75 Å². The first-order valence-corrected chi connectivity index (χ1v) is 10.3. The summed E-state index contributed by atoms with van der Waals surface area (Å²) in [6.45, 7) is 8.00. The smallest absolute Gasteiger partial charge is 0.234 e. The van der Waals surface area contributed by atoms with E-state index in [1.54, 1.807) is 0 Å². The average molecular weight is 378 g/mol. The van der Waals surface area contributed by atoms with Gasteiger partial charge in [-0.25, -0.2) is 0 Å². The number of carbonyl (C=O) groups excluding carboxylic acids is 1. The third kappa shape index (κ3) is 5.13. The fourth-order valence-corrected chi connectivity index (χ4v) is 3.09. The van der Waals surface area contributed by atoms with Gasteiger partial charge in [0, 0.05) is 12.1 Å². The van der Waals surface area contributed by atoms with Gasteiger partial charge < -0.3 is 10.1 Å². The van der Waals surface area contributed by atoms with Crippen molar-refractivity contribution in [3.8, 4) is 5.75 Å². The molecular formula is C25H31NO2. The Kier molecular flexibility index (Phi) is 8.06. The zero-order chi connectivity index (χ0) is 20.4. The van der Waals surface area contributed by atoms with Crippen molar-refractivity contribution in [3.63, 3.8) is 0 Å². The van der Waals surface area contributed by atoms with E-state index in [1.807, 2.05) is 101 Å². The lowest BCUT2D eigenvalue weighted by Crippen LogP contribution is -2.34. The molecule has 1 saturated carbocycles. The van der Waals surface area contributed by atoms with E-state index < -0.39 is 0 Å². The third-order valence-corrected chi connectivity index (χ3v) is 4.61. The summed E-state index contributed by atoms with van der Waals surface area (Å²) in [5.74, 6) is 1.75. The molecule has 2 aromatic carbocycles. The highest BCUT2D eigenvalue weighted by atomic mass is 16.5. The van der Waals surface area contributed by atoms with Gasteiger partial charge in [0.2, 0.25) is 5.91 Å². The number of hydrogen-bond acceptors (Lipinski definition) is 2. The maximum atomic E-state index is 12.7. The van der Waals surface area contributed by atoms with E-state index in [4.69, 9.17) is 4.74 Å². The fraction of sp³-hybridized carbons (Fsp3) is 0.320. The molecule has 2 aromatic rings. The standard InChI is InChI=1S/C21H19NO2.2C2H6/c23-20(21(13-14-21)16-7-3-1-4-8-16)22-17-11-12-19(15-17)24-18-9-5-2-6-10-18;2*1-2/h1-12H,13-15H2,(H,22,23);2*1-2H3. The molecule has 4 rings (SSSR count). The summed E-state index contributed by atoms with van der Waals surface area (Å²) in [7, 11) is 0. The van der Waals surface area contributed by atoms with Crippen molar-refractivity contribution in [1.82, 2.24) is 5.32 Å². The first-order valence-electron chi connectivity index (χ1n) is 10.3. The number of ether oxygens (including phenoxy) is 1. The van der Waals surface area contributed by atoms with E-state index in [1.165, 1.54) is 0 Å². The Morgan fingerprint density at radius 2 is 1.43 bits per heavy atom. The molecule has 1 N–H and O–H groups in total. The van der Waals surface area contributed by atoms with E-state index in [2.05, 4.69) is 5.32 Å². The van der Waals surface area contributed by atoms with E-state index in [0.717, 1.165) is 35.6 Å². The highest BCUT2D eigenvalue weighted by molar-refractivity contribution is 5.92.